The van der Waals surface area contributed by atoms with Gasteiger partial charge < -0.3 is 11.1 Å². The van der Waals surface area contributed by atoms with Crippen LogP contribution in [0, 0.1) is 0 Å². The van der Waals surface area contributed by atoms with Crippen molar-refractivity contribution in [3.05, 3.63) is 46.1 Å². The second-order valence-electron chi connectivity index (χ2n) is 3.94. The molecule has 1 aromatic carbocycles. The van der Waals surface area contributed by atoms with Gasteiger partial charge >= 0.3 is 6.18 Å². The van der Waals surface area contributed by atoms with E-state index in [2.05, 4.69) is 10.3 Å². The van der Waals surface area contributed by atoms with Gasteiger partial charge in [-0.25, -0.2) is 4.98 Å². The molecular formula is C12H8Cl2F3N3. The van der Waals surface area contributed by atoms with Crippen molar-refractivity contribution in [2.24, 2.45) is 0 Å². The van der Waals surface area contributed by atoms with Gasteiger partial charge in [-0.1, -0.05) is 23.2 Å². The number of hydrogen-bond donors (Lipinski definition) is 2. The van der Waals surface area contributed by atoms with Crippen molar-refractivity contribution in [1.29, 1.82) is 0 Å². The molecule has 0 saturated heterocycles. The van der Waals surface area contributed by atoms with E-state index in [-0.39, 0.29) is 11.5 Å². The predicted molar refractivity (Wildman–Crippen MR) is 73.4 cm³/mol. The van der Waals surface area contributed by atoms with Gasteiger partial charge in [0.05, 0.1) is 11.3 Å². The van der Waals surface area contributed by atoms with Crippen LogP contribution in [0.15, 0.2) is 30.5 Å². The molecule has 0 saturated carbocycles. The SMILES string of the molecule is Nc1ncc(C(F)(F)F)cc1Nc1cc(Cl)cc(Cl)c1. The molecule has 0 unspecified atom stereocenters. The Morgan fingerprint density at radius 3 is 2.20 bits per heavy atom. The third-order valence-corrected chi connectivity index (χ3v) is 2.82. The highest BCUT2D eigenvalue weighted by Crippen LogP contribution is 2.33. The highest BCUT2D eigenvalue weighted by Gasteiger charge is 2.31. The van der Waals surface area contributed by atoms with E-state index in [0.717, 1.165) is 6.07 Å². The van der Waals surface area contributed by atoms with E-state index in [1.54, 1.807) is 0 Å². The molecule has 0 bridgehead atoms. The monoisotopic (exact) mass is 321 g/mol. The molecule has 0 amide bonds. The van der Waals surface area contributed by atoms with Crippen molar-refractivity contribution in [2.75, 3.05) is 11.1 Å². The number of nitrogens with zero attached hydrogens (tertiary/aromatic N) is 1. The summed E-state index contributed by atoms with van der Waals surface area (Å²) >= 11 is 11.6. The zero-order chi connectivity index (χ0) is 14.9. The summed E-state index contributed by atoms with van der Waals surface area (Å²) in [4.78, 5) is 3.52. The summed E-state index contributed by atoms with van der Waals surface area (Å²) in [6.45, 7) is 0. The Bertz CT molecular complexity index is 624. The lowest BCUT2D eigenvalue weighted by Crippen LogP contribution is -2.08. The molecule has 0 spiro atoms. The van der Waals surface area contributed by atoms with Gasteiger partial charge in [0, 0.05) is 21.9 Å². The van der Waals surface area contributed by atoms with Gasteiger partial charge in [0.15, 0.2) is 0 Å². The molecule has 0 aliphatic heterocycles. The van der Waals surface area contributed by atoms with Crippen LogP contribution in [-0.4, -0.2) is 4.98 Å². The smallest absolute Gasteiger partial charge is 0.382 e. The fourth-order valence-electron chi connectivity index (χ4n) is 1.51. The van der Waals surface area contributed by atoms with Crippen LogP contribution in [0.2, 0.25) is 10.0 Å². The van der Waals surface area contributed by atoms with Gasteiger partial charge in [0.25, 0.3) is 0 Å². The molecule has 3 nitrogen and oxygen atoms in total. The predicted octanol–water partition coefficient (Wildman–Crippen LogP) is 4.73. The molecule has 0 aliphatic carbocycles. The minimum absolute atomic E-state index is 0.0261. The Morgan fingerprint density at radius 1 is 1.05 bits per heavy atom. The maximum atomic E-state index is 12.6. The van der Waals surface area contributed by atoms with Crippen LogP contribution in [0.4, 0.5) is 30.4 Å². The largest absolute Gasteiger partial charge is 0.417 e. The highest BCUT2D eigenvalue weighted by atomic mass is 35.5. The Morgan fingerprint density at radius 2 is 1.65 bits per heavy atom. The Labute approximate surface area is 122 Å². The first-order valence-corrected chi connectivity index (χ1v) is 6.07. The summed E-state index contributed by atoms with van der Waals surface area (Å²) in [6.07, 6.45) is -3.82. The summed E-state index contributed by atoms with van der Waals surface area (Å²) in [6, 6.07) is 5.39. The van der Waals surface area contributed by atoms with Crippen LogP contribution < -0.4 is 11.1 Å². The van der Waals surface area contributed by atoms with E-state index >= 15 is 0 Å². The quantitative estimate of drug-likeness (QED) is 0.840. The van der Waals surface area contributed by atoms with E-state index in [9.17, 15) is 13.2 Å². The van der Waals surface area contributed by atoms with Gasteiger partial charge in [-0.3, -0.25) is 0 Å². The fourth-order valence-corrected chi connectivity index (χ4v) is 2.04. The van der Waals surface area contributed by atoms with E-state index in [4.69, 9.17) is 28.9 Å². The van der Waals surface area contributed by atoms with E-state index < -0.39 is 11.7 Å². The maximum absolute atomic E-state index is 12.6. The summed E-state index contributed by atoms with van der Waals surface area (Å²) in [5.74, 6) is -0.0610. The molecule has 0 aliphatic rings. The second-order valence-corrected chi connectivity index (χ2v) is 4.81. The van der Waals surface area contributed by atoms with Crippen molar-refractivity contribution in [3.8, 4) is 0 Å². The number of nitrogens with two attached hydrogens (primary N) is 1. The third kappa shape index (κ3) is 3.46. The lowest BCUT2D eigenvalue weighted by molar-refractivity contribution is -0.137. The topological polar surface area (TPSA) is 50.9 Å². The molecule has 0 atom stereocenters. The van der Waals surface area contributed by atoms with Crippen molar-refractivity contribution >= 4 is 40.4 Å². The fraction of sp³-hybridized carbons (Fsp3) is 0.0833. The number of benzene rings is 1. The zero-order valence-corrected chi connectivity index (χ0v) is 11.3. The van der Waals surface area contributed by atoms with Crippen molar-refractivity contribution in [2.45, 2.75) is 6.18 Å². The first-order chi connectivity index (χ1) is 9.25. The van der Waals surface area contributed by atoms with Crippen LogP contribution >= 0.6 is 23.2 Å². The van der Waals surface area contributed by atoms with Crippen LogP contribution in [0.1, 0.15) is 5.56 Å². The molecule has 20 heavy (non-hydrogen) atoms. The Balaban J connectivity index is 2.37. The van der Waals surface area contributed by atoms with E-state index in [1.165, 1.54) is 18.2 Å². The molecule has 2 rings (SSSR count). The average Bonchev–Trinajstić information content (AvgIpc) is 2.29. The van der Waals surface area contributed by atoms with E-state index in [0.29, 0.717) is 21.9 Å². The van der Waals surface area contributed by atoms with E-state index in [1.807, 2.05) is 0 Å². The van der Waals surface area contributed by atoms with Crippen LogP contribution in [0.3, 0.4) is 0 Å². The number of pyridine rings is 1. The maximum Gasteiger partial charge on any atom is 0.417 e. The first-order valence-electron chi connectivity index (χ1n) is 5.31. The number of rotatable bonds is 2. The highest BCUT2D eigenvalue weighted by molar-refractivity contribution is 6.35. The lowest BCUT2D eigenvalue weighted by Gasteiger charge is -2.12. The Hall–Kier alpha value is -1.66. The number of nitrogen functional groups attached to an aromatic ring is 1. The molecule has 0 fully saturated rings. The molecule has 2 aromatic rings. The van der Waals surface area contributed by atoms with Crippen molar-refractivity contribution in [1.82, 2.24) is 4.98 Å². The average molecular weight is 322 g/mol. The van der Waals surface area contributed by atoms with Gasteiger partial charge in [0.1, 0.15) is 5.82 Å². The van der Waals surface area contributed by atoms with Crippen LogP contribution in [-0.2, 0) is 6.18 Å². The zero-order valence-electron chi connectivity index (χ0n) is 9.80. The molecule has 1 aromatic heterocycles. The standard InChI is InChI=1S/C12H8Cl2F3N3/c13-7-2-8(14)4-9(3-7)20-10-1-6(12(15,16)17)5-19-11(10)18/h1-5,20H,(H2,18,19). The van der Waals surface area contributed by atoms with Crippen molar-refractivity contribution < 1.29 is 13.2 Å². The lowest BCUT2D eigenvalue weighted by atomic mass is 10.2. The number of nitrogens with one attached hydrogen (secondary N) is 1. The minimum Gasteiger partial charge on any atom is -0.382 e. The van der Waals surface area contributed by atoms with Gasteiger partial charge in [-0.05, 0) is 24.3 Å². The Kier molecular flexibility index (Phi) is 3.96. The van der Waals surface area contributed by atoms with Gasteiger partial charge in [-0.15, -0.1) is 0 Å². The summed E-state index contributed by atoms with van der Waals surface area (Å²) in [5.41, 5.74) is 5.09. The molecule has 0 radical (unpaired) electrons. The van der Waals surface area contributed by atoms with Crippen LogP contribution in [0.25, 0.3) is 0 Å². The summed E-state index contributed by atoms with van der Waals surface area (Å²) < 4.78 is 37.8. The third-order valence-electron chi connectivity index (χ3n) is 2.39. The molecule has 3 N–H and O–H groups in total. The van der Waals surface area contributed by atoms with Crippen molar-refractivity contribution in [3.63, 3.8) is 0 Å². The van der Waals surface area contributed by atoms with Gasteiger partial charge in [0.2, 0.25) is 0 Å². The molecular weight excluding hydrogens is 314 g/mol. The minimum atomic E-state index is -4.50. The number of anilines is 3. The number of halogens is 5. The molecule has 1 heterocycles. The first kappa shape index (κ1) is 14.7. The summed E-state index contributed by atoms with van der Waals surface area (Å²) in [7, 11) is 0. The number of aromatic nitrogens is 1. The second kappa shape index (κ2) is 5.38. The molecule has 106 valence electrons. The van der Waals surface area contributed by atoms with Gasteiger partial charge in [-0.2, -0.15) is 13.2 Å². The number of hydrogen-bond acceptors (Lipinski definition) is 3. The number of alkyl halides is 3. The normalized spacial score (nSPS) is 11.4. The molecule has 8 heteroatoms. The summed E-state index contributed by atoms with van der Waals surface area (Å²) in [5, 5.41) is 3.40. The van der Waals surface area contributed by atoms with Crippen LogP contribution in [0.5, 0.6) is 0 Å².